The molecule has 5 rings (SSSR count). The summed E-state index contributed by atoms with van der Waals surface area (Å²) in [5.41, 5.74) is 2.25. The van der Waals surface area contributed by atoms with Gasteiger partial charge in [-0.15, -0.1) is 19.0 Å². The molecular weight excluding hydrogens is 360 g/mol. The monoisotopic (exact) mass is 371 g/mol. The Labute approximate surface area is 150 Å². The van der Waals surface area contributed by atoms with Gasteiger partial charge in [0.15, 0.2) is 17.3 Å². The molecule has 0 saturated carbocycles. The molecule has 0 unspecified atom stereocenters. The number of anilines is 1. The highest BCUT2D eigenvalue weighted by atomic mass is 19.3. The van der Waals surface area contributed by atoms with E-state index in [9.17, 15) is 8.78 Å². The molecule has 0 saturated heterocycles. The van der Waals surface area contributed by atoms with Crippen LogP contribution >= 0.6 is 0 Å². The van der Waals surface area contributed by atoms with Crippen LogP contribution in [0.4, 0.5) is 14.5 Å². The highest BCUT2D eigenvalue weighted by Crippen LogP contribution is 2.42. The summed E-state index contributed by atoms with van der Waals surface area (Å²) in [7, 11) is 0. The van der Waals surface area contributed by atoms with Crippen molar-refractivity contribution in [3.63, 3.8) is 0 Å². The second-order valence-electron chi connectivity index (χ2n) is 5.90. The molecule has 2 N–H and O–H groups in total. The van der Waals surface area contributed by atoms with Crippen LogP contribution in [0.15, 0.2) is 46.9 Å². The minimum absolute atomic E-state index is 0.00348. The van der Waals surface area contributed by atoms with Crippen molar-refractivity contribution in [1.82, 2.24) is 20.6 Å². The smallest absolute Gasteiger partial charge is 0.453 e. The summed E-state index contributed by atoms with van der Waals surface area (Å²) in [5.74, 6) is 0.899. The normalized spacial score (nSPS) is 14.6. The van der Waals surface area contributed by atoms with E-state index in [0.717, 1.165) is 10.9 Å². The number of nitrogens with one attached hydrogen (secondary N) is 2. The van der Waals surface area contributed by atoms with Crippen LogP contribution in [0.2, 0.25) is 0 Å². The van der Waals surface area contributed by atoms with Crippen molar-refractivity contribution in [1.29, 1.82) is 0 Å². The van der Waals surface area contributed by atoms with Gasteiger partial charge in [0, 0.05) is 23.7 Å². The molecule has 0 spiro atoms. The number of aromatic nitrogens is 4. The SMILES string of the molecule is FC1(F)Oc2ccc(NCc3ccc4cc(-c5nn[nH]n5)oc4c3)cc2O1. The molecule has 0 atom stereocenters. The van der Waals surface area contributed by atoms with Crippen molar-refractivity contribution < 1.29 is 22.7 Å². The zero-order chi connectivity index (χ0) is 18.4. The Kier molecular flexibility index (Phi) is 3.26. The molecule has 1 aliphatic rings. The number of alkyl halides is 2. The van der Waals surface area contributed by atoms with Crippen LogP contribution in [0.3, 0.4) is 0 Å². The number of furan rings is 1. The lowest BCUT2D eigenvalue weighted by atomic mass is 10.1. The zero-order valence-corrected chi connectivity index (χ0v) is 13.6. The van der Waals surface area contributed by atoms with E-state index in [2.05, 4.69) is 35.4 Å². The molecule has 0 fully saturated rings. The third-order valence-corrected chi connectivity index (χ3v) is 4.05. The number of hydrogen-bond acceptors (Lipinski definition) is 7. The number of H-pyrrole nitrogens is 1. The fraction of sp³-hybridized carbons (Fsp3) is 0.118. The van der Waals surface area contributed by atoms with Crippen molar-refractivity contribution in [2.24, 2.45) is 0 Å². The molecule has 2 aromatic heterocycles. The molecule has 136 valence electrons. The van der Waals surface area contributed by atoms with Gasteiger partial charge in [-0.2, -0.15) is 5.21 Å². The third kappa shape index (κ3) is 2.90. The molecule has 10 heteroatoms. The van der Waals surface area contributed by atoms with E-state index in [4.69, 9.17) is 4.42 Å². The van der Waals surface area contributed by atoms with Crippen molar-refractivity contribution in [2.75, 3.05) is 5.32 Å². The number of halogens is 2. The van der Waals surface area contributed by atoms with Crippen molar-refractivity contribution >= 4 is 16.7 Å². The molecule has 0 amide bonds. The predicted octanol–water partition coefficient (Wildman–Crippen LogP) is 3.55. The lowest BCUT2D eigenvalue weighted by Gasteiger charge is -2.07. The van der Waals surface area contributed by atoms with E-state index in [1.165, 1.54) is 12.1 Å². The summed E-state index contributed by atoms with van der Waals surface area (Å²) in [6.45, 7) is 0.463. The van der Waals surface area contributed by atoms with E-state index in [1.807, 2.05) is 24.3 Å². The van der Waals surface area contributed by atoms with Crippen molar-refractivity contribution in [3.05, 3.63) is 48.0 Å². The second-order valence-corrected chi connectivity index (χ2v) is 5.90. The Morgan fingerprint density at radius 3 is 2.78 bits per heavy atom. The van der Waals surface area contributed by atoms with Gasteiger partial charge in [-0.3, -0.25) is 0 Å². The molecule has 0 bridgehead atoms. The summed E-state index contributed by atoms with van der Waals surface area (Å²) in [4.78, 5) is 0. The van der Waals surface area contributed by atoms with Gasteiger partial charge in [0.1, 0.15) is 5.58 Å². The third-order valence-electron chi connectivity index (χ3n) is 4.05. The first kappa shape index (κ1) is 15.6. The maximum absolute atomic E-state index is 13.1. The number of ether oxygens (including phenoxy) is 2. The first-order valence-electron chi connectivity index (χ1n) is 7.96. The van der Waals surface area contributed by atoms with Gasteiger partial charge >= 0.3 is 6.29 Å². The van der Waals surface area contributed by atoms with Gasteiger partial charge in [-0.1, -0.05) is 12.1 Å². The first-order chi connectivity index (χ1) is 13.1. The number of benzene rings is 2. The highest BCUT2D eigenvalue weighted by Gasteiger charge is 2.43. The average molecular weight is 371 g/mol. The maximum Gasteiger partial charge on any atom is 0.586 e. The molecule has 0 radical (unpaired) electrons. The van der Waals surface area contributed by atoms with Gasteiger partial charge in [0.05, 0.1) is 0 Å². The number of rotatable bonds is 4. The first-order valence-corrected chi connectivity index (χ1v) is 7.96. The summed E-state index contributed by atoms with van der Waals surface area (Å²) in [5, 5.41) is 17.7. The number of fused-ring (bicyclic) bond motifs is 2. The number of tetrazole rings is 1. The Balaban J connectivity index is 1.33. The lowest BCUT2D eigenvalue weighted by molar-refractivity contribution is -0.286. The van der Waals surface area contributed by atoms with Gasteiger partial charge in [0.25, 0.3) is 0 Å². The number of nitrogens with zero attached hydrogens (tertiary/aromatic N) is 3. The van der Waals surface area contributed by atoms with Crippen LogP contribution in [0.1, 0.15) is 5.56 Å². The fourth-order valence-electron chi connectivity index (χ4n) is 2.82. The summed E-state index contributed by atoms with van der Waals surface area (Å²) in [6, 6.07) is 12.1. The van der Waals surface area contributed by atoms with Crippen molar-refractivity contribution in [3.8, 4) is 23.1 Å². The van der Waals surface area contributed by atoms with Crippen molar-refractivity contribution in [2.45, 2.75) is 12.8 Å². The molecule has 8 nitrogen and oxygen atoms in total. The standard InChI is InChI=1S/C17H11F2N5O3/c18-17(19)26-12-4-3-11(7-14(12)27-17)20-8-9-1-2-10-6-15(25-13(10)5-9)16-21-23-24-22-16/h1-7,20H,8H2,(H,21,22,23,24). The van der Waals surface area contributed by atoms with Gasteiger partial charge < -0.3 is 19.2 Å². The van der Waals surface area contributed by atoms with E-state index < -0.39 is 6.29 Å². The predicted molar refractivity (Wildman–Crippen MR) is 89.4 cm³/mol. The highest BCUT2D eigenvalue weighted by molar-refractivity contribution is 5.82. The Morgan fingerprint density at radius 2 is 1.93 bits per heavy atom. The van der Waals surface area contributed by atoms with E-state index in [-0.39, 0.29) is 11.5 Å². The maximum atomic E-state index is 13.1. The molecule has 0 aliphatic carbocycles. The number of aromatic amines is 1. The molecule has 3 heterocycles. The van der Waals surface area contributed by atoms with E-state index in [0.29, 0.717) is 29.4 Å². The van der Waals surface area contributed by atoms with Crippen LogP contribution in [-0.2, 0) is 6.54 Å². The van der Waals surface area contributed by atoms with Crippen LogP contribution in [0.25, 0.3) is 22.6 Å². The van der Waals surface area contributed by atoms with Gasteiger partial charge in [-0.25, -0.2) is 0 Å². The second kappa shape index (κ2) is 5.66. The van der Waals surface area contributed by atoms with Crippen LogP contribution in [-0.4, -0.2) is 26.9 Å². The van der Waals surface area contributed by atoms with Gasteiger partial charge in [0.2, 0.25) is 5.82 Å². The largest absolute Gasteiger partial charge is 0.586 e. The summed E-state index contributed by atoms with van der Waals surface area (Å²) >= 11 is 0. The average Bonchev–Trinajstić information content (AvgIpc) is 3.35. The van der Waals surface area contributed by atoms with Gasteiger partial charge in [-0.05, 0) is 35.0 Å². The molecule has 27 heavy (non-hydrogen) atoms. The number of hydrogen-bond donors (Lipinski definition) is 2. The molecule has 2 aromatic carbocycles. The van der Waals surface area contributed by atoms with Crippen LogP contribution < -0.4 is 14.8 Å². The van der Waals surface area contributed by atoms with Crippen LogP contribution in [0, 0.1) is 0 Å². The quantitative estimate of drug-likeness (QED) is 0.566. The van der Waals surface area contributed by atoms with Crippen LogP contribution in [0.5, 0.6) is 11.5 Å². The lowest BCUT2D eigenvalue weighted by Crippen LogP contribution is -2.25. The zero-order valence-electron chi connectivity index (χ0n) is 13.6. The Morgan fingerprint density at radius 1 is 1.04 bits per heavy atom. The summed E-state index contributed by atoms with van der Waals surface area (Å²) < 4.78 is 40.8. The molecule has 1 aliphatic heterocycles. The Bertz CT molecular complexity index is 1130. The molecule has 4 aromatic rings. The van der Waals surface area contributed by atoms with E-state index in [1.54, 1.807) is 6.07 Å². The molecular formula is C17H11F2N5O3. The van der Waals surface area contributed by atoms with E-state index >= 15 is 0 Å². The minimum atomic E-state index is -3.62. The minimum Gasteiger partial charge on any atom is -0.453 e. The Hall–Kier alpha value is -3.69. The fourth-order valence-corrected chi connectivity index (χ4v) is 2.82. The topological polar surface area (TPSA) is 98.1 Å². The summed E-state index contributed by atoms with van der Waals surface area (Å²) in [6.07, 6.45) is -3.62.